The van der Waals surface area contributed by atoms with Crippen molar-refractivity contribution in [3.63, 3.8) is 0 Å². The summed E-state index contributed by atoms with van der Waals surface area (Å²) in [5, 5.41) is 6.07. The second-order valence-electron chi connectivity index (χ2n) is 4.27. The molecule has 1 unspecified atom stereocenters. The van der Waals surface area contributed by atoms with Crippen LogP contribution in [-0.2, 0) is 11.3 Å². The molecule has 0 radical (unpaired) electrons. The SMILES string of the molecule is CC(NCC(=O)NCc1ccccc1)c1cncs1. The lowest BCUT2D eigenvalue weighted by Crippen LogP contribution is -2.34. The molecule has 2 N–H and O–H groups in total. The Morgan fingerprint density at radius 3 is 2.84 bits per heavy atom. The quantitative estimate of drug-likeness (QED) is 0.849. The molecule has 0 bridgehead atoms. The first kappa shape index (κ1) is 13.7. The highest BCUT2D eigenvalue weighted by Crippen LogP contribution is 2.15. The highest BCUT2D eigenvalue weighted by Gasteiger charge is 2.08. The fourth-order valence-corrected chi connectivity index (χ4v) is 2.30. The third kappa shape index (κ3) is 4.46. The molecule has 0 spiro atoms. The van der Waals surface area contributed by atoms with Crippen molar-refractivity contribution < 1.29 is 4.79 Å². The van der Waals surface area contributed by atoms with Gasteiger partial charge in [0.05, 0.1) is 12.1 Å². The third-order valence-electron chi connectivity index (χ3n) is 2.78. The number of hydrogen-bond acceptors (Lipinski definition) is 4. The van der Waals surface area contributed by atoms with Crippen LogP contribution in [0.25, 0.3) is 0 Å². The lowest BCUT2D eigenvalue weighted by atomic mass is 10.2. The zero-order valence-electron chi connectivity index (χ0n) is 10.8. The van der Waals surface area contributed by atoms with Crippen LogP contribution in [0, 0.1) is 0 Å². The van der Waals surface area contributed by atoms with Gasteiger partial charge in [0.2, 0.25) is 5.91 Å². The Labute approximate surface area is 116 Å². The highest BCUT2D eigenvalue weighted by atomic mass is 32.1. The Morgan fingerprint density at radius 2 is 2.16 bits per heavy atom. The van der Waals surface area contributed by atoms with Crippen LogP contribution < -0.4 is 10.6 Å². The van der Waals surface area contributed by atoms with Gasteiger partial charge in [0.15, 0.2) is 0 Å². The van der Waals surface area contributed by atoms with E-state index in [1.807, 2.05) is 43.5 Å². The van der Waals surface area contributed by atoms with Gasteiger partial charge < -0.3 is 10.6 Å². The van der Waals surface area contributed by atoms with Crippen molar-refractivity contribution in [2.75, 3.05) is 6.54 Å². The monoisotopic (exact) mass is 275 g/mol. The van der Waals surface area contributed by atoms with E-state index in [9.17, 15) is 4.79 Å². The van der Waals surface area contributed by atoms with E-state index in [4.69, 9.17) is 0 Å². The fourth-order valence-electron chi connectivity index (χ4n) is 1.64. The van der Waals surface area contributed by atoms with Crippen molar-refractivity contribution in [3.05, 3.63) is 52.5 Å². The highest BCUT2D eigenvalue weighted by molar-refractivity contribution is 7.09. The van der Waals surface area contributed by atoms with Gasteiger partial charge in [-0.1, -0.05) is 30.3 Å². The molecule has 2 aromatic rings. The predicted octanol–water partition coefficient (Wildman–Crippen LogP) is 2.11. The summed E-state index contributed by atoms with van der Waals surface area (Å²) in [5.41, 5.74) is 2.90. The number of carbonyl (C=O) groups excluding carboxylic acids is 1. The maximum Gasteiger partial charge on any atom is 0.234 e. The molecule has 100 valence electrons. The number of nitrogens with one attached hydrogen (secondary N) is 2. The molecular formula is C14H17N3OS. The van der Waals surface area contributed by atoms with E-state index in [0.29, 0.717) is 13.1 Å². The largest absolute Gasteiger partial charge is 0.351 e. The molecule has 19 heavy (non-hydrogen) atoms. The molecule has 4 nitrogen and oxygen atoms in total. The van der Waals surface area contributed by atoms with Crippen molar-refractivity contribution >= 4 is 17.2 Å². The van der Waals surface area contributed by atoms with Gasteiger partial charge >= 0.3 is 0 Å². The van der Waals surface area contributed by atoms with E-state index in [-0.39, 0.29) is 11.9 Å². The first-order valence-corrected chi connectivity index (χ1v) is 7.06. The minimum absolute atomic E-state index is 0.000202. The van der Waals surface area contributed by atoms with Crippen molar-refractivity contribution in [1.82, 2.24) is 15.6 Å². The topological polar surface area (TPSA) is 54.0 Å². The van der Waals surface area contributed by atoms with Crippen LogP contribution in [0.1, 0.15) is 23.4 Å². The standard InChI is InChI=1S/C14H17N3OS/c1-11(13-8-15-10-19-13)16-9-14(18)17-7-12-5-3-2-4-6-12/h2-6,8,10-11,16H,7,9H2,1H3,(H,17,18). The molecule has 0 fully saturated rings. The predicted molar refractivity (Wildman–Crippen MR) is 76.8 cm³/mol. The first-order chi connectivity index (χ1) is 9.25. The van der Waals surface area contributed by atoms with Crippen LogP contribution in [0.5, 0.6) is 0 Å². The zero-order chi connectivity index (χ0) is 13.5. The molecule has 5 heteroatoms. The van der Waals surface area contributed by atoms with Crippen LogP contribution in [0.3, 0.4) is 0 Å². The normalized spacial score (nSPS) is 12.1. The van der Waals surface area contributed by atoms with E-state index in [0.717, 1.165) is 10.4 Å². The number of amides is 1. The Morgan fingerprint density at radius 1 is 1.37 bits per heavy atom. The van der Waals surface area contributed by atoms with Crippen LogP contribution in [0.2, 0.25) is 0 Å². The van der Waals surface area contributed by atoms with Gasteiger partial charge in [-0.3, -0.25) is 9.78 Å². The number of rotatable bonds is 6. The van der Waals surface area contributed by atoms with Crippen LogP contribution in [0.4, 0.5) is 0 Å². The maximum atomic E-state index is 11.7. The summed E-state index contributed by atoms with van der Waals surface area (Å²) in [4.78, 5) is 16.9. The molecule has 1 amide bonds. The zero-order valence-corrected chi connectivity index (χ0v) is 11.6. The number of hydrogen-bond donors (Lipinski definition) is 2. The molecule has 2 rings (SSSR count). The number of nitrogens with zero attached hydrogens (tertiary/aromatic N) is 1. The molecule has 1 atom stereocenters. The molecule has 1 heterocycles. The van der Waals surface area contributed by atoms with Crippen molar-refractivity contribution in [2.45, 2.75) is 19.5 Å². The van der Waals surface area contributed by atoms with Crippen LogP contribution in [-0.4, -0.2) is 17.4 Å². The third-order valence-corrected chi connectivity index (χ3v) is 3.74. The van der Waals surface area contributed by atoms with Gasteiger partial charge in [0.1, 0.15) is 0 Å². The van der Waals surface area contributed by atoms with Gasteiger partial charge in [-0.15, -0.1) is 11.3 Å². The summed E-state index contributed by atoms with van der Waals surface area (Å²) >= 11 is 1.59. The lowest BCUT2D eigenvalue weighted by molar-refractivity contribution is -0.120. The van der Waals surface area contributed by atoms with E-state index in [1.54, 1.807) is 16.8 Å². The number of aromatic nitrogens is 1. The maximum absolute atomic E-state index is 11.7. The van der Waals surface area contributed by atoms with E-state index >= 15 is 0 Å². The van der Waals surface area contributed by atoms with Crippen molar-refractivity contribution in [1.29, 1.82) is 0 Å². The summed E-state index contributed by atoms with van der Waals surface area (Å²) in [6, 6.07) is 10.0. The molecule has 0 saturated heterocycles. The minimum Gasteiger partial charge on any atom is -0.351 e. The fraction of sp³-hybridized carbons (Fsp3) is 0.286. The van der Waals surface area contributed by atoms with Gasteiger partial charge in [0.25, 0.3) is 0 Å². The smallest absolute Gasteiger partial charge is 0.234 e. The summed E-state index contributed by atoms with van der Waals surface area (Å²) < 4.78 is 0. The number of benzene rings is 1. The van der Waals surface area contributed by atoms with E-state index < -0.39 is 0 Å². The van der Waals surface area contributed by atoms with Gasteiger partial charge in [-0.2, -0.15) is 0 Å². The van der Waals surface area contributed by atoms with Gasteiger partial charge in [0, 0.05) is 23.7 Å². The van der Waals surface area contributed by atoms with Crippen molar-refractivity contribution in [3.8, 4) is 0 Å². The van der Waals surface area contributed by atoms with Gasteiger partial charge in [-0.05, 0) is 12.5 Å². The first-order valence-electron chi connectivity index (χ1n) is 6.18. The molecule has 0 aliphatic carbocycles. The number of thiazole rings is 1. The molecule has 0 aliphatic rings. The van der Waals surface area contributed by atoms with Crippen LogP contribution in [0.15, 0.2) is 42.0 Å². The minimum atomic E-state index is 0.000202. The molecule has 1 aromatic carbocycles. The lowest BCUT2D eigenvalue weighted by Gasteiger charge is -2.11. The van der Waals surface area contributed by atoms with Crippen molar-refractivity contribution in [2.24, 2.45) is 0 Å². The van der Waals surface area contributed by atoms with E-state index in [1.165, 1.54) is 0 Å². The Bertz CT molecular complexity index is 499. The summed E-state index contributed by atoms with van der Waals surface area (Å²) in [6.07, 6.45) is 1.82. The second-order valence-corrected chi connectivity index (χ2v) is 5.19. The second kappa shape index (κ2) is 7.01. The van der Waals surface area contributed by atoms with Gasteiger partial charge in [-0.25, -0.2) is 0 Å². The Balaban J connectivity index is 1.70. The average Bonchev–Trinajstić information content (AvgIpc) is 2.98. The molecule has 0 saturated carbocycles. The number of carbonyl (C=O) groups is 1. The van der Waals surface area contributed by atoms with Crippen LogP contribution >= 0.6 is 11.3 Å². The Hall–Kier alpha value is -1.72. The summed E-state index contributed by atoms with van der Waals surface area (Å²) in [5.74, 6) is 0.000202. The summed E-state index contributed by atoms with van der Waals surface area (Å²) in [7, 11) is 0. The molecule has 0 aliphatic heterocycles. The molecular weight excluding hydrogens is 258 g/mol. The molecule has 1 aromatic heterocycles. The van der Waals surface area contributed by atoms with E-state index in [2.05, 4.69) is 15.6 Å². The average molecular weight is 275 g/mol. The Kier molecular flexibility index (Phi) is 5.06. The summed E-state index contributed by atoms with van der Waals surface area (Å²) in [6.45, 7) is 2.90.